The fourth-order valence-electron chi connectivity index (χ4n) is 11.4. The Bertz CT molecular complexity index is 2660. The van der Waals surface area contributed by atoms with Crippen molar-refractivity contribution in [2.24, 2.45) is 23.7 Å². The Morgan fingerprint density at radius 1 is 0.531 bits per heavy atom. The Labute approximate surface area is 284 Å². The number of hydrogen-bond acceptors (Lipinski definition) is 3. The van der Waals surface area contributed by atoms with Crippen LogP contribution in [0.15, 0.2) is 126 Å². The van der Waals surface area contributed by atoms with Crippen LogP contribution in [0.4, 0.5) is 0 Å². The van der Waals surface area contributed by atoms with Gasteiger partial charge in [0.15, 0.2) is 5.82 Å². The maximum atomic E-state index is 6.94. The minimum Gasteiger partial charge on any atom is -0.455 e. The first-order valence-electron chi connectivity index (χ1n) is 18.1. The van der Waals surface area contributed by atoms with Gasteiger partial charge in [-0.25, -0.2) is 9.97 Å². The van der Waals surface area contributed by atoms with Gasteiger partial charge in [-0.05, 0) is 108 Å². The third kappa shape index (κ3) is 3.43. The summed E-state index contributed by atoms with van der Waals surface area (Å²) in [4.78, 5) is 10.6. The van der Waals surface area contributed by atoms with Crippen molar-refractivity contribution in [1.82, 2.24) is 9.97 Å². The second-order valence-corrected chi connectivity index (χ2v) is 15.3. The molecule has 5 aliphatic rings. The fourth-order valence-corrected chi connectivity index (χ4v) is 11.4. The van der Waals surface area contributed by atoms with Crippen molar-refractivity contribution < 1.29 is 4.42 Å². The van der Waals surface area contributed by atoms with Crippen LogP contribution in [0.25, 0.3) is 77.4 Å². The number of para-hydroxylation sites is 1. The van der Waals surface area contributed by atoms with E-state index < -0.39 is 0 Å². The van der Waals surface area contributed by atoms with Crippen LogP contribution in [0.2, 0.25) is 0 Å². The summed E-state index contributed by atoms with van der Waals surface area (Å²) in [6, 6.07) is 44.1. The highest BCUT2D eigenvalue weighted by molar-refractivity contribution is 6.13. The van der Waals surface area contributed by atoms with Gasteiger partial charge in [0.05, 0.1) is 16.8 Å². The molecule has 13 rings (SSSR count). The van der Waals surface area contributed by atoms with Gasteiger partial charge in [0.25, 0.3) is 0 Å². The Balaban J connectivity index is 1.12. The third-order valence-corrected chi connectivity index (χ3v) is 13.1. The van der Waals surface area contributed by atoms with Crippen LogP contribution in [-0.4, -0.2) is 9.97 Å². The average molecular weight is 631 g/mol. The molecule has 5 aliphatic carbocycles. The molecule has 6 aromatic carbocycles. The smallest absolute Gasteiger partial charge is 0.164 e. The normalized spacial score (nSPS) is 24.8. The van der Waals surface area contributed by atoms with Crippen molar-refractivity contribution in [3.8, 4) is 33.8 Å². The zero-order valence-corrected chi connectivity index (χ0v) is 27.2. The minimum absolute atomic E-state index is 0.127. The number of benzene rings is 6. The lowest BCUT2D eigenvalue weighted by Gasteiger charge is -2.61. The summed E-state index contributed by atoms with van der Waals surface area (Å²) in [5.41, 5.74) is 11.8. The molecule has 0 N–H and O–H groups in total. The van der Waals surface area contributed by atoms with E-state index in [1.54, 1.807) is 11.1 Å². The van der Waals surface area contributed by atoms with Gasteiger partial charge in [-0.3, -0.25) is 0 Å². The van der Waals surface area contributed by atoms with Crippen LogP contribution in [0.5, 0.6) is 0 Å². The molecule has 234 valence electrons. The number of furan rings is 1. The second kappa shape index (κ2) is 9.45. The molecule has 49 heavy (non-hydrogen) atoms. The standard InChI is InChI=1S/C46H34N2O/c1-2-10-29(11-3-1)42-35-18-17-28-9-4-5-12-32(28)43(35)48-45(47-42)36-15-8-14-34-38-24-40-37(25-41(38)49-44(34)36)33-13-6-7-16-39(33)46(40)30-20-26-19-27(22-30)23-31(46)21-26/h1-18,24-27,30-31H,19-23H2. The highest BCUT2D eigenvalue weighted by Crippen LogP contribution is 2.69. The van der Waals surface area contributed by atoms with Gasteiger partial charge in [0.2, 0.25) is 0 Å². The van der Waals surface area contributed by atoms with E-state index in [1.807, 2.05) is 0 Å². The van der Waals surface area contributed by atoms with E-state index in [-0.39, 0.29) is 5.41 Å². The number of aromatic nitrogens is 2. The van der Waals surface area contributed by atoms with Crippen molar-refractivity contribution >= 4 is 43.6 Å². The predicted molar refractivity (Wildman–Crippen MR) is 198 cm³/mol. The molecule has 0 radical (unpaired) electrons. The van der Waals surface area contributed by atoms with Gasteiger partial charge >= 0.3 is 0 Å². The molecule has 1 spiro atoms. The number of hydrogen-bond donors (Lipinski definition) is 0. The number of rotatable bonds is 2. The van der Waals surface area contributed by atoms with Crippen molar-refractivity contribution in [2.45, 2.75) is 37.5 Å². The van der Waals surface area contributed by atoms with Crippen LogP contribution in [0.3, 0.4) is 0 Å². The van der Waals surface area contributed by atoms with Gasteiger partial charge < -0.3 is 4.42 Å². The number of fused-ring (bicyclic) bond motifs is 9. The SMILES string of the molecule is c1ccc(-c2nc(-c3cccc4c3oc3cc5c(cc34)C3(c4ccccc4-5)C4CC5CC(C4)CC3C5)nc3c2ccc2ccccc23)cc1. The van der Waals surface area contributed by atoms with Gasteiger partial charge in [-0.1, -0.05) is 97.1 Å². The lowest BCUT2D eigenvalue weighted by molar-refractivity contribution is -0.0399. The maximum absolute atomic E-state index is 6.94. The molecule has 0 unspecified atom stereocenters. The Kier molecular flexibility index (Phi) is 5.14. The second-order valence-electron chi connectivity index (χ2n) is 15.3. The average Bonchev–Trinajstić information content (AvgIpc) is 3.65. The molecule has 0 amide bonds. The molecule has 0 atom stereocenters. The summed E-state index contributed by atoms with van der Waals surface area (Å²) in [5.74, 6) is 4.00. The molecule has 8 aromatic rings. The minimum atomic E-state index is 0.127. The molecule has 2 heterocycles. The molecule has 4 bridgehead atoms. The first-order valence-corrected chi connectivity index (χ1v) is 18.1. The van der Waals surface area contributed by atoms with Crippen LogP contribution in [-0.2, 0) is 5.41 Å². The highest BCUT2D eigenvalue weighted by Gasteiger charge is 2.61. The molecular weight excluding hydrogens is 597 g/mol. The molecule has 4 saturated carbocycles. The Hall–Kier alpha value is -5.28. The molecule has 3 heteroatoms. The summed E-state index contributed by atoms with van der Waals surface area (Å²) in [6.45, 7) is 0. The van der Waals surface area contributed by atoms with Crippen molar-refractivity contribution in [1.29, 1.82) is 0 Å². The van der Waals surface area contributed by atoms with Crippen molar-refractivity contribution in [3.63, 3.8) is 0 Å². The van der Waals surface area contributed by atoms with Crippen LogP contribution in [0.1, 0.15) is 43.2 Å². The first kappa shape index (κ1) is 26.6. The molecule has 4 fully saturated rings. The van der Waals surface area contributed by atoms with E-state index in [4.69, 9.17) is 14.4 Å². The van der Waals surface area contributed by atoms with E-state index in [1.165, 1.54) is 54.0 Å². The van der Waals surface area contributed by atoms with E-state index in [0.29, 0.717) is 5.82 Å². The molecule has 3 nitrogen and oxygen atoms in total. The summed E-state index contributed by atoms with van der Waals surface area (Å²) in [6.07, 6.45) is 6.99. The maximum Gasteiger partial charge on any atom is 0.164 e. The van der Waals surface area contributed by atoms with Crippen molar-refractivity contribution in [3.05, 3.63) is 132 Å². The summed E-state index contributed by atoms with van der Waals surface area (Å²) < 4.78 is 6.94. The molecular formula is C46H34N2O. The Morgan fingerprint density at radius 3 is 2.12 bits per heavy atom. The van der Waals surface area contributed by atoms with Crippen LogP contribution < -0.4 is 0 Å². The highest BCUT2D eigenvalue weighted by atomic mass is 16.3. The monoisotopic (exact) mass is 630 g/mol. The predicted octanol–water partition coefficient (Wildman–Crippen LogP) is 11.7. The lowest BCUT2D eigenvalue weighted by atomic mass is 9.43. The summed E-state index contributed by atoms with van der Waals surface area (Å²) >= 11 is 0. The van der Waals surface area contributed by atoms with Gasteiger partial charge in [-0.15, -0.1) is 0 Å². The third-order valence-electron chi connectivity index (χ3n) is 13.1. The lowest BCUT2D eigenvalue weighted by Crippen LogP contribution is -2.55. The van der Waals surface area contributed by atoms with Crippen LogP contribution >= 0.6 is 0 Å². The quantitative estimate of drug-likeness (QED) is 0.178. The van der Waals surface area contributed by atoms with E-state index in [0.717, 1.165) is 73.3 Å². The first-order chi connectivity index (χ1) is 24.2. The number of nitrogens with zero attached hydrogens (tertiary/aromatic N) is 2. The van der Waals surface area contributed by atoms with E-state index in [2.05, 4.69) is 121 Å². The van der Waals surface area contributed by atoms with Gasteiger partial charge in [-0.2, -0.15) is 0 Å². The van der Waals surface area contributed by atoms with Crippen molar-refractivity contribution in [2.75, 3.05) is 0 Å². The topological polar surface area (TPSA) is 38.9 Å². The molecule has 0 aliphatic heterocycles. The zero-order chi connectivity index (χ0) is 31.8. The fraction of sp³-hybridized carbons (Fsp3) is 0.217. The van der Waals surface area contributed by atoms with Gasteiger partial charge in [0, 0.05) is 32.5 Å². The van der Waals surface area contributed by atoms with Crippen LogP contribution in [0, 0.1) is 23.7 Å². The zero-order valence-electron chi connectivity index (χ0n) is 27.2. The summed E-state index contributed by atoms with van der Waals surface area (Å²) in [7, 11) is 0. The largest absolute Gasteiger partial charge is 0.455 e. The Morgan fingerprint density at radius 2 is 1.27 bits per heavy atom. The van der Waals surface area contributed by atoms with E-state index in [9.17, 15) is 0 Å². The van der Waals surface area contributed by atoms with E-state index >= 15 is 0 Å². The summed E-state index contributed by atoms with van der Waals surface area (Å²) in [5, 5.41) is 5.73. The molecule has 2 aromatic heterocycles. The molecule has 0 saturated heterocycles. The van der Waals surface area contributed by atoms with Gasteiger partial charge in [0.1, 0.15) is 11.2 Å².